The standard InChI is InChI=1S/C10H16O3/c1-2-3-4-5-6-7-8-9(11)10(12)13/h9,11H,2-5,8H2,1H3,(H,12,13)/t9-/m1/s1. The summed E-state index contributed by atoms with van der Waals surface area (Å²) in [5, 5.41) is 17.1. The number of carbonyl (C=O) groups is 1. The summed E-state index contributed by atoms with van der Waals surface area (Å²) in [5.41, 5.74) is 0. The first-order valence-corrected chi connectivity index (χ1v) is 4.55. The minimum absolute atomic E-state index is 0.0292. The largest absolute Gasteiger partial charge is 0.479 e. The van der Waals surface area contributed by atoms with Gasteiger partial charge in [-0.05, 0) is 6.42 Å². The molecule has 0 bridgehead atoms. The van der Waals surface area contributed by atoms with E-state index in [1.165, 1.54) is 0 Å². The van der Waals surface area contributed by atoms with Crippen LogP contribution < -0.4 is 0 Å². The van der Waals surface area contributed by atoms with Crippen LogP contribution in [-0.4, -0.2) is 22.3 Å². The van der Waals surface area contributed by atoms with E-state index in [1.807, 2.05) is 0 Å². The lowest BCUT2D eigenvalue weighted by atomic mass is 10.2. The molecule has 0 radical (unpaired) electrons. The Bertz CT molecular complexity index is 200. The topological polar surface area (TPSA) is 57.5 Å². The number of carboxylic acid groups (broad SMARTS) is 1. The minimum Gasteiger partial charge on any atom is -0.479 e. The van der Waals surface area contributed by atoms with E-state index in [1.54, 1.807) is 0 Å². The third kappa shape index (κ3) is 7.35. The summed E-state index contributed by atoms with van der Waals surface area (Å²) in [7, 11) is 0. The molecule has 1 atom stereocenters. The van der Waals surface area contributed by atoms with E-state index in [4.69, 9.17) is 10.2 Å². The third-order valence-electron chi connectivity index (χ3n) is 1.61. The second-order valence-electron chi connectivity index (χ2n) is 2.87. The van der Waals surface area contributed by atoms with Gasteiger partial charge in [0.25, 0.3) is 0 Å². The van der Waals surface area contributed by atoms with Crippen LogP contribution in [0, 0.1) is 11.8 Å². The maximum Gasteiger partial charge on any atom is 0.333 e. The SMILES string of the molecule is CCCCCC#CC[C@@H](O)C(=O)O. The second-order valence-corrected chi connectivity index (χ2v) is 2.87. The molecule has 0 saturated heterocycles. The van der Waals surface area contributed by atoms with E-state index >= 15 is 0 Å². The highest BCUT2D eigenvalue weighted by molar-refractivity contribution is 5.72. The van der Waals surface area contributed by atoms with Crippen molar-refractivity contribution in [2.75, 3.05) is 0 Å². The van der Waals surface area contributed by atoms with Crippen LogP contribution in [0.25, 0.3) is 0 Å². The van der Waals surface area contributed by atoms with E-state index in [0.29, 0.717) is 0 Å². The van der Waals surface area contributed by atoms with Crippen LogP contribution in [0.2, 0.25) is 0 Å². The fraction of sp³-hybridized carbons (Fsp3) is 0.700. The average Bonchev–Trinajstić information content (AvgIpc) is 2.10. The normalized spacial score (nSPS) is 11.5. The van der Waals surface area contributed by atoms with Crippen LogP contribution in [0.15, 0.2) is 0 Å². The lowest BCUT2D eigenvalue weighted by Gasteiger charge is -1.96. The van der Waals surface area contributed by atoms with Crippen molar-refractivity contribution in [2.24, 2.45) is 0 Å². The summed E-state index contributed by atoms with van der Waals surface area (Å²) in [6.45, 7) is 2.11. The van der Waals surface area contributed by atoms with Crippen molar-refractivity contribution in [1.82, 2.24) is 0 Å². The Hall–Kier alpha value is -1.01. The third-order valence-corrected chi connectivity index (χ3v) is 1.61. The van der Waals surface area contributed by atoms with Gasteiger partial charge in [0.2, 0.25) is 0 Å². The van der Waals surface area contributed by atoms with Crippen LogP contribution >= 0.6 is 0 Å². The van der Waals surface area contributed by atoms with Gasteiger partial charge in [-0.3, -0.25) is 0 Å². The van der Waals surface area contributed by atoms with Gasteiger partial charge in [0.05, 0.1) is 0 Å². The van der Waals surface area contributed by atoms with Gasteiger partial charge in [0, 0.05) is 12.8 Å². The Kier molecular flexibility index (Phi) is 7.04. The van der Waals surface area contributed by atoms with Crippen LogP contribution in [0.4, 0.5) is 0 Å². The molecule has 74 valence electrons. The van der Waals surface area contributed by atoms with Crippen LogP contribution in [0.3, 0.4) is 0 Å². The first-order chi connectivity index (χ1) is 6.18. The molecule has 3 heteroatoms. The first-order valence-electron chi connectivity index (χ1n) is 4.55. The van der Waals surface area contributed by atoms with E-state index in [2.05, 4.69) is 18.8 Å². The molecule has 0 spiro atoms. The Morgan fingerprint density at radius 2 is 2.08 bits per heavy atom. The summed E-state index contributed by atoms with van der Waals surface area (Å²) in [6.07, 6.45) is 2.84. The predicted molar refractivity (Wildman–Crippen MR) is 50.2 cm³/mol. The maximum atomic E-state index is 10.1. The Morgan fingerprint density at radius 3 is 2.62 bits per heavy atom. The first kappa shape index (κ1) is 12.0. The zero-order chi connectivity index (χ0) is 10.1. The highest BCUT2D eigenvalue weighted by Crippen LogP contribution is 1.97. The number of aliphatic hydroxyl groups excluding tert-OH is 1. The molecule has 0 amide bonds. The molecule has 13 heavy (non-hydrogen) atoms. The predicted octanol–water partition coefficient (Wildman–Crippen LogP) is 1.41. The molecule has 0 aromatic rings. The Labute approximate surface area is 78.8 Å². The molecular weight excluding hydrogens is 168 g/mol. The highest BCUT2D eigenvalue weighted by atomic mass is 16.4. The zero-order valence-electron chi connectivity index (χ0n) is 7.92. The van der Waals surface area contributed by atoms with Gasteiger partial charge in [-0.15, -0.1) is 5.92 Å². The van der Waals surface area contributed by atoms with Gasteiger partial charge in [0.1, 0.15) is 0 Å². The molecule has 0 aliphatic carbocycles. The van der Waals surface area contributed by atoms with Crippen molar-refractivity contribution in [3.63, 3.8) is 0 Å². The van der Waals surface area contributed by atoms with Crippen LogP contribution in [-0.2, 0) is 4.79 Å². The van der Waals surface area contributed by atoms with Crippen molar-refractivity contribution in [1.29, 1.82) is 0 Å². The number of hydrogen-bond donors (Lipinski definition) is 2. The average molecular weight is 184 g/mol. The molecule has 0 aromatic carbocycles. The smallest absolute Gasteiger partial charge is 0.333 e. The van der Waals surface area contributed by atoms with Gasteiger partial charge in [-0.1, -0.05) is 25.7 Å². The quantitative estimate of drug-likeness (QED) is 0.501. The fourth-order valence-corrected chi connectivity index (χ4v) is 0.808. The lowest BCUT2D eigenvalue weighted by molar-refractivity contribution is -0.146. The second kappa shape index (κ2) is 7.63. The zero-order valence-corrected chi connectivity index (χ0v) is 7.92. The number of carboxylic acids is 1. The van der Waals surface area contributed by atoms with E-state index in [0.717, 1.165) is 25.7 Å². The minimum atomic E-state index is -1.33. The van der Waals surface area contributed by atoms with E-state index in [9.17, 15) is 4.79 Å². The number of aliphatic carboxylic acids is 1. The van der Waals surface area contributed by atoms with Crippen molar-refractivity contribution < 1.29 is 15.0 Å². The lowest BCUT2D eigenvalue weighted by Crippen LogP contribution is -2.18. The van der Waals surface area contributed by atoms with Gasteiger partial charge >= 0.3 is 5.97 Å². The molecule has 0 aliphatic rings. The van der Waals surface area contributed by atoms with Crippen molar-refractivity contribution in [3.8, 4) is 11.8 Å². The summed E-state index contributed by atoms with van der Waals surface area (Å²) in [6, 6.07) is 0. The molecule has 0 saturated carbocycles. The number of rotatable bonds is 5. The summed E-state index contributed by atoms with van der Waals surface area (Å²) in [4.78, 5) is 10.1. The fourth-order valence-electron chi connectivity index (χ4n) is 0.808. The van der Waals surface area contributed by atoms with Gasteiger partial charge in [-0.25, -0.2) is 4.79 Å². The van der Waals surface area contributed by atoms with E-state index < -0.39 is 12.1 Å². The molecular formula is C10H16O3. The molecule has 0 unspecified atom stereocenters. The summed E-state index contributed by atoms with van der Waals surface area (Å²) < 4.78 is 0. The highest BCUT2D eigenvalue weighted by Gasteiger charge is 2.09. The van der Waals surface area contributed by atoms with Gasteiger partial charge in [0.15, 0.2) is 6.10 Å². The molecule has 0 aliphatic heterocycles. The number of hydrogen-bond acceptors (Lipinski definition) is 2. The molecule has 0 rings (SSSR count). The maximum absolute atomic E-state index is 10.1. The van der Waals surface area contributed by atoms with Crippen molar-refractivity contribution >= 4 is 5.97 Å². The van der Waals surface area contributed by atoms with Crippen molar-refractivity contribution in [2.45, 2.75) is 45.1 Å². The Balaban J connectivity index is 3.44. The summed E-state index contributed by atoms with van der Waals surface area (Å²) >= 11 is 0. The van der Waals surface area contributed by atoms with Crippen molar-refractivity contribution in [3.05, 3.63) is 0 Å². The molecule has 2 N–H and O–H groups in total. The van der Waals surface area contributed by atoms with E-state index in [-0.39, 0.29) is 6.42 Å². The van der Waals surface area contributed by atoms with Gasteiger partial charge in [-0.2, -0.15) is 0 Å². The number of unbranched alkanes of at least 4 members (excludes halogenated alkanes) is 3. The number of aliphatic hydroxyl groups is 1. The molecule has 0 aromatic heterocycles. The monoisotopic (exact) mass is 184 g/mol. The molecule has 0 fully saturated rings. The Morgan fingerprint density at radius 1 is 1.38 bits per heavy atom. The molecule has 0 heterocycles. The van der Waals surface area contributed by atoms with Gasteiger partial charge < -0.3 is 10.2 Å². The van der Waals surface area contributed by atoms with Crippen LogP contribution in [0.1, 0.15) is 39.0 Å². The van der Waals surface area contributed by atoms with Crippen LogP contribution in [0.5, 0.6) is 0 Å². The summed E-state index contributed by atoms with van der Waals surface area (Å²) in [5.74, 6) is 4.27. The molecule has 3 nitrogen and oxygen atoms in total.